The van der Waals surface area contributed by atoms with Crippen LogP contribution >= 0.6 is 22.6 Å². The van der Waals surface area contributed by atoms with Crippen molar-refractivity contribution in [1.82, 2.24) is 5.32 Å². The number of rotatable bonds is 1. The molecule has 0 unspecified atom stereocenters. The topological polar surface area (TPSA) is 55.2 Å². The van der Waals surface area contributed by atoms with Gasteiger partial charge < -0.3 is 5.32 Å². The van der Waals surface area contributed by atoms with Crippen molar-refractivity contribution in [2.45, 2.75) is 13.1 Å². The predicted octanol–water partition coefficient (Wildman–Crippen LogP) is 1.80. The van der Waals surface area contributed by atoms with E-state index in [2.05, 4.69) is 5.32 Å². The maximum Gasteiger partial charge on any atom is 0.282 e. The molecule has 0 radical (unpaired) electrons. The molecule has 1 aromatic carbocycles. The molecular formula is C8H7IN2O2. The van der Waals surface area contributed by atoms with E-state index in [4.69, 9.17) is 0 Å². The fraction of sp³-hybridized carbons (Fsp3) is 0.250. The van der Waals surface area contributed by atoms with Gasteiger partial charge in [0.25, 0.3) is 5.69 Å². The summed E-state index contributed by atoms with van der Waals surface area (Å²) in [6.45, 7) is 1.57. The van der Waals surface area contributed by atoms with E-state index in [0.717, 1.165) is 22.2 Å². The van der Waals surface area contributed by atoms with Crippen LogP contribution in [0.15, 0.2) is 12.1 Å². The van der Waals surface area contributed by atoms with Gasteiger partial charge in [0.1, 0.15) is 0 Å². The van der Waals surface area contributed by atoms with Gasteiger partial charge in [-0.25, -0.2) is 0 Å². The van der Waals surface area contributed by atoms with Gasteiger partial charge in [0, 0.05) is 19.2 Å². The molecule has 0 bridgehead atoms. The maximum absolute atomic E-state index is 10.6. The van der Waals surface area contributed by atoms with Gasteiger partial charge in [0.15, 0.2) is 0 Å². The summed E-state index contributed by atoms with van der Waals surface area (Å²) < 4.78 is 0.769. The lowest BCUT2D eigenvalue weighted by atomic mass is 10.1. The van der Waals surface area contributed by atoms with E-state index >= 15 is 0 Å². The van der Waals surface area contributed by atoms with E-state index in [1.165, 1.54) is 5.56 Å². The zero-order valence-corrected chi connectivity index (χ0v) is 8.87. The average molecular weight is 290 g/mol. The Morgan fingerprint density at radius 2 is 2.23 bits per heavy atom. The van der Waals surface area contributed by atoms with Crippen LogP contribution in [0, 0.1) is 13.7 Å². The Balaban J connectivity index is 2.59. The first-order chi connectivity index (χ1) is 6.20. The zero-order chi connectivity index (χ0) is 9.42. The highest BCUT2D eigenvalue weighted by atomic mass is 127. The minimum Gasteiger partial charge on any atom is -0.309 e. The molecule has 68 valence electrons. The van der Waals surface area contributed by atoms with Crippen LogP contribution in [0.1, 0.15) is 11.1 Å². The third-order valence-electron chi connectivity index (χ3n) is 2.13. The van der Waals surface area contributed by atoms with Gasteiger partial charge in [-0.05, 0) is 33.7 Å². The minimum absolute atomic E-state index is 0.211. The van der Waals surface area contributed by atoms with Gasteiger partial charge in [-0.2, -0.15) is 0 Å². The zero-order valence-electron chi connectivity index (χ0n) is 6.71. The van der Waals surface area contributed by atoms with E-state index in [1.807, 2.05) is 28.7 Å². The number of hydrogen-bond acceptors (Lipinski definition) is 3. The number of nitrogens with zero attached hydrogens (tertiary/aromatic N) is 1. The fourth-order valence-corrected chi connectivity index (χ4v) is 2.38. The van der Waals surface area contributed by atoms with Crippen molar-refractivity contribution in [1.29, 1.82) is 0 Å². The van der Waals surface area contributed by atoms with Crippen LogP contribution in [0.3, 0.4) is 0 Å². The lowest BCUT2D eigenvalue weighted by molar-refractivity contribution is -0.385. The van der Waals surface area contributed by atoms with Crippen molar-refractivity contribution in [3.8, 4) is 0 Å². The van der Waals surface area contributed by atoms with Gasteiger partial charge in [0.2, 0.25) is 0 Å². The number of fused-ring (bicyclic) bond motifs is 1. The number of hydrogen-bond donors (Lipinski definition) is 1. The summed E-state index contributed by atoms with van der Waals surface area (Å²) in [5, 5.41) is 13.8. The highest BCUT2D eigenvalue weighted by Gasteiger charge is 2.20. The smallest absolute Gasteiger partial charge is 0.282 e. The van der Waals surface area contributed by atoms with Crippen LogP contribution in [0.5, 0.6) is 0 Å². The van der Waals surface area contributed by atoms with Gasteiger partial charge in [-0.1, -0.05) is 6.07 Å². The lowest BCUT2D eigenvalue weighted by Crippen LogP contribution is -2.00. The molecular weight excluding hydrogens is 283 g/mol. The number of nitro benzene ring substituents is 1. The van der Waals surface area contributed by atoms with E-state index in [-0.39, 0.29) is 10.6 Å². The summed E-state index contributed by atoms with van der Waals surface area (Å²) in [5.74, 6) is 0. The summed E-state index contributed by atoms with van der Waals surface area (Å²) >= 11 is 2.04. The third kappa shape index (κ3) is 1.42. The number of halogens is 1. The Morgan fingerprint density at radius 1 is 1.46 bits per heavy atom. The molecule has 5 heteroatoms. The Bertz CT molecular complexity index is 379. The average Bonchev–Trinajstić information content (AvgIpc) is 2.52. The number of nitro groups is 1. The first kappa shape index (κ1) is 8.89. The number of nitrogens with one attached hydrogen (secondary N) is 1. The van der Waals surface area contributed by atoms with Crippen LogP contribution in [-0.2, 0) is 13.1 Å². The van der Waals surface area contributed by atoms with Crippen molar-refractivity contribution in [3.05, 3.63) is 36.9 Å². The van der Waals surface area contributed by atoms with Crippen LogP contribution in [0.4, 0.5) is 5.69 Å². The molecule has 1 N–H and O–H groups in total. The molecule has 0 fully saturated rings. The van der Waals surface area contributed by atoms with Gasteiger partial charge >= 0.3 is 0 Å². The number of benzene rings is 1. The van der Waals surface area contributed by atoms with Crippen LogP contribution in [-0.4, -0.2) is 4.92 Å². The van der Waals surface area contributed by atoms with E-state index in [9.17, 15) is 10.1 Å². The Hall–Kier alpha value is -0.690. The summed E-state index contributed by atoms with van der Waals surface area (Å²) in [6, 6.07) is 3.41. The molecule has 1 heterocycles. The summed E-state index contributed by atoms with van der Waals surface area (Å²) in [6.07, 6.45) is 0. The molecule has 0 amide bonds. The van der Waals surface area contributed by atoms with E-state index in [1.54, 1.807) is 6.07 Å². The second-order valence-electron chi connectivity index (χ2n) is 2.90. The van der Waals surface area contributed by atoms with Gasteiger partial charge in [0.05, 0.1) is 8.49 Å². The molecule has 1 aliphatic heterocycles. The molecule has 4 nitrogen and oxygen atoms in total. The molecule has 0 saturated carbocycles. The Labute approximate surface area is 88.6 Å². The van der Waals surface area contributed by atoms with Crippen molar-refractivity contribution in [2.24, 2.45) is 0 Å². The Kier molecular flexibility index (Phi) is 2.20. The molecule has 0 saturated heterocycles. The maximum atomic E-state index is 10.6. The SMILES string of the molecule is O=[N+]([O-])c1ccc2c(c1I)CNC2. The standard InChI is InChI=1S/C8H7IN2O2/c9-8-6-4-10-3-5(6)1-2-7(8)11(12)13/h1-2,10H,3-4H2. The van der Waals surface area contributed by atoms with Gasteiger partial charge in [-0.3, -0.25) is 10.1 Å². The molecule has 0 aromatic heterocycles. The van der Waals surface area contributed by atoms with Crippen LogP contribution in [0.2, 0.25) is 0 Å². The largest absolute Gasteiger partial charge is 0.309 e. The van der Waals surface area contributed by atoms with Gasteiger partial charge in [-0.15, -0.1) is 0 Å². The highest BCUT2D eigenvalue weighted by Crippen LogP contribution is 2.29. The molecule has 1 aliphatic rings. The molecule has 2 rings (SSSR count). The third-order valence-corrected chi connectivity index (χ3v) is 3.34. The summed E-state index contributed by atoms with van der Waals surface area (Å²) in [4.78, 5) is 10.3. The quantitative estimate of drug-likeness (QED) is 0.487. The van der Waals surface area contributed by atoms with Crippen LogP contribution in [0.25, 0.3) is 0 Å². The molecule has 13 heavy (non-hydrogen) atoms. The molecule has 1 aromatic rings. The monoisotopic (exact) mass is 290 g/mol. The highest BCUT2D eigenvalue weighted by molar-refractivity contribution is 14.1. The lowest BCUT2D eigenvalue weighted by Gasteiger charge is -2.01. The first-order valence-corrected chi connectivity index (χ1v) is 4.93. The van der Waals surface area contributed by atoms with E-state index in [0.29, 0.717) is 0 Å². The van der Waals surface area contributed by atoms with Crippen molar-refractivity contribution in [3.63, 3.8) is 0 Å². The second kappa shape index (κ2) is 3.22. The molecule has 0 aliphatic carbocycles. The van der Waals surface area contributed by atoms with E-state index < -0.39 is 0 Å². The van der Waals surface area contributed by atoms with Crippen molar-refractivity contribution >= 4 is 28.3 Å². The summed E-state index contributed by atoms with van der Waals surface area (Å²) in [5.41, 5.74) is 2.47. The molecule has 0 spiro atoms. The van der Waals surface area contributed by atoms with Crippen molar-refractivity contribution < 1.29 is 4.92 Å². The van der Waals surface area contributed by atoms with Crippen LogP contribution < -0.4 is 5.32 Å². The minimum atomic E-state index is -0.333. The fourth-order valence-electron chi connectivity index (χ4n) is 1.47. The normalized spacial score (nSPS) is 14.2. The van der Waals surface area contributed by atoms with Crippen molar-refractivity contribution in [2.75, 3.05) is 0 Å². The predicted molar refractivity (Wildman–Crippen MR) is 56.4 cm³/mol. The summed E-state index contributed by atoms with van der Waals surface area (Å²) in [7, 11) is 0. The second-order valence-corrected chi connectivity index (χ2v) is 3.98. The molecule has 0 atom stereocenters. The Morgan fingerprint density at radius 3 is 2.92 bits per heavy atom. The first-order valence-electron chi connectivity index (χ1n) is 3.85.